The number of carboxylic acids is 1. The van der Waals surface area contributed by atoms with E-state index in [0.29, 0.717) is 59.0 Å². The van der Waals surface area contributed by atoms with E-state index < -0.39 is 193 Å². The average Bonchev–Trinajstić information content (AvgIpc) is 1.65. The fraction of sp³-hybridized carbons (Fsp3) is 0.518. The minimum absolute atomic E-state index is 0.00127. The first-order chi connectivity index (χ1) is 58.8. The molecule has 9 rings (SSSR count). The molecule has 3 saturated heterocycles. The van der Waals surface area contributed by atoms with Crippen molar-refractivity contribution >= 4 is 128 Å². The van der Waals surface area contributed by atoms with Gasteiger partial charge in [-0.3, -0.25) is 76.7 Å². The van der Waals surface area contributed by atoms with Crippen molar-refractivity contribution in [2.75, 3.05) is 65.4 Å². The van der Waals surface area contributed by atoms with E-state index in [1.165, 1.54) is 67.7 Å². The highest BCUT2D eigenvalue weighted by Crippen LogP contribution is 2.27. The van der Waals surface area contributed by atoms with Crippen LogP contribution in [0.2, 0.25) is 0 Å². The number of likely N-dealkylation sites (N-methyl/N-ethyl adjacent to an activating group) is 3. The number of fused-ring (bicyclic) bond motifs is 4. The van der Waals surface area contributed by atoms with E-state index in [9.17, 15) is 67.7 Å². The fourth-order valence-corrected chi connectivity index (χ4v) is 16.4. The summed E-state index contributed by atoms with van der Waals surface area (Å²) in [4.78, 5) is 250. The standard InChI is InChI=1S/C85H115N19O18S/c1-8-10-22-66-78(115)97-60(36-49(3)4)75(112)88-32-35-123-47-73(109)95-63(37-50-26-28-54(105)29-27-50)81(118)100(5)46-72(108)94-65(41-70(86)106)84(121)104-34-17-25-68(104)80(117)99-62(40-53-44-87-48-92-53)77(114)96-59(30-31-74(110)111)83(120)103-33-16-24-67(103)79(116)98-61(38-51-42-89-57-20-14-12-18-55(51)57)76(113)91-45-71(107)93-64(39-52-43-90-58-21-15-13-19-56(52)58)82(119)102(7)69(23-11-9-2)85(122)101(66)6/h12-15,18-21,26-29,42-44,48-49,59-69,89-90,105H,8-11,16-17,22-25,30-41,45-47H2,1-7H3,(H2,86,106)(H,87,92)(H,88,112)(H,91,113)(H,93,107)(H,94,108)(H,95,109)(H,96,114)(H,97,115)(H,98,116)(H,99,117)(H,110,111)/t59-,60-,61-,62-,63-,64-,65-,66-,67?,68?,69-/m0/s1. The zero-order chi connectivity index (χ0) is 89.1. The number of primary amides is 1. The number of nitrogens with one attached hydrogen (secondary N) is 12. The number of phenolic OH excluding ortho intramolecular Hbond substituents is 1. The molecule has 123 heavy (non-hydrogen) atoms. The maximum atomic E-state index is 15.5. The van der Waals surface area contributed by atoms with Crippen molar-refractivity contribution in [3.8, 4) is 5.75 Å². The van der Waals surface area contributed by atoms with Gasteiger partial charge in [0.05, 0.1) is 31.6 Å². The molecule has 15 amide bonds. The van der Waals surface area contributed by atoms with Crippen LogP contribution in [0.15, 0.2) is 97.7 Å². The van der Waals surface area contributed by atoms with Gasteiger partial charge < -0.3 is 103 Å². The number of nitrogens with two attached hydrogens (primary N) is 1. The van der Waals surface area contributed by atoms with E-state index >= 15 is 19.2 Å². The Morgan fingerprint density at radius 1 is 0.537 bits per heavy atom. The Bertz CT molecular complexity index is 4750. The number of imidazole rings is 1. The summed E-state index contributed by atoms with van der Waals surface area (Å²) in [6.45, 7) is 5.88. The van der Waals surface area contributed by atoms with Gasteiger partial charge in [0.25, 0.3) is 0 Å². The van der Waals surface area contributed by atoms with E-state index in [2.05, 4.69) is 67.8 Å². The second kappa shape index (κ2) is 45.5. The molecule has 0 radical (unpaired) electrons. The number of carboxylic acid groups (broad SMARTS) is 1. The number of nitrogens with zero attached hydrogens (tertiary/aromatic N) is 6. The normalized spacial score (nSPS) is 23.7. The number of amides is 15. The zero-order valence-corrected chi connectivity index (χ0v) is 71.3. The number of phenols is 1. The molecule has 2 unspecified atom stereocenters. The third kappa shape index (κ3) is 26.6. The number of benzene rings is 3. The Hall–Kier alpha value is -12.4. The van der Waals surface area contributed by atoms with Gasteiger partial charge in [0.2, 0.25) is 88.6 Å². The number of rotatable bonds is 21. The number of aromatic nitrogens is 4. The molecule has 3 aromatic heterocycles. The van der Waals surface area contributed by atoms with Gasteiger partial charge in [-0.15, -0.1) is 0 Å². The van der Waals surface area contributed by atoms with Gasteiger partial charge in [0.15, 0.2) is 0 Å². The summed E-state index contributed by atoms with van der Waals surface area (Å²) in [5.41, 5.74) is 9.05. The first-order valence-electron chi connectivity index (χ1n) is 41.8. The highest BCUT2D eigenvalue weighted by atomic mass is 32.2. The fourth-order valence-electron chi connectivity index (χ4n) is 15.7. The number of para-hydroxylation sites is 2. The van der Waals surface area contributed by atoms with Gasteiger partial charge in [-0.2, -0.15) is 11.8 Å². The molecule has 11 atom stereocenters. The van der Waals surface area contributed by atoms with Gasteiger partial charge in [-0.1, -0.05) is 102 Å². The van der Waals surface area contributed by atoms with Gasteiger partial charge in [-0.05, 0) is 98.2 Å². The number of aromatic amines is 3. The molecule has 0 spiro atoms. The van der Waals surface area contributed by atoms with Crippen LogP contribution in [-0.2, 0) is 102 Å². The minimum atomic E-state index is -1.71. The topological polar surface area (TPSA) is 524 Å². The average molecular weight is 1720 g/mol. The van der Waals surface area contributed by atoms with Crippen LogP contribution in [0.4, 0.5) is 0 Å². The molecule has 3 fully saturated rings. The first-order valence-corrected chi connectivity index (χ1v) is 43.0. The molecule has 0 saturated carbocycles. The number of hydrogen-bond acceptors (Lipinski definition) is 19. The lowest BCUT2D eigenvalue weighted by Gasteiger charge is -2.36. The SMILES string of the molecule is CCCC[C@H]1C(=O)N(C)[C@@H](CCCC)C(=O)N[C@@H](CC(C)C)C(=O)NCCSCC(=O)N[C@@H](Cc2ccc(O)cc2)C(=O)N(C)CC(=O)N[C@@H](CC(N)=O)C(=O)N2CCCC2C(=O)N[C@@H](Cc2cnc[nH]2)C(=O)N[C@@H](CCC(=O)O)C(=O)N2CCCC2C(=O)N[C@@H](Cc2c[nH]c3ccccc23)C(=O)NCC(=O)N[C@@H](Cc2c[nH]c3ccccc23)C(=O)N1C. The monoisotopic (exact) mass is 1720 g/mol. The van der Waals surface area contributed by atoms with Crippen molar-refractivity contribution in [2.24, 2.45) is 11.7 Å². The van der Waals surface area contributed by atoms with E-state index in [1.54, 1.807) is 42.7 Å². The summed E-state index contributed by atoms with van der Waals surface area (Å²) in [6, 6.07) is 4.94. The van der Waals surface area contributed by atoms with Crippen LogP contribution in [0.1, 0.15) is 140 Å². The summed E-state index contributed by atoms with van der Waals surface area (Å²) in [7, 11) is 4.16. The Balaban J connectivity index is 1.04. The Kier molecular flexibility index (Phi) is 34.9. The number of aromatic hydroxyl groups is 1. The molecule has 3 aromatic carbocycles. The first kappa shape index (κ1) is 94.5. The van der Waals surface area contributed by atoms with Crippen LogP contribution in [0.5, 0.6) is 5.75 Å². The number of H-pyrrole nitrogens is 3. The quantitative estimate of drug-likeness (QED) is 0.0477. The number of carbonyl (C=O) groups is 16. The van der Waals surface area contributed by atoms with Crippen molar-refractivity contribution in [1.29, 1.82) is 0 Å². The molecular formula is C85H115N19O18S. The maximum absolute atomic E-state index is 15.5. The van der Waals surface area contributed by atoms with E-state index in [1.807, 2.05) is 45.9 Å². The predicted molar refractivity (Wildman–Crippen MR) is 454 cm³/mol. The number of thioether (sulfide) groups is 1. The van der Waals surface area contributed by atoms with Crippen molar-refractivity contribution in [3.63, 3.8) is 0 Å². The van der Waals surface area contributed by atoms with Crippen LogP contribution >= 0.6 is 11.8 Å². The van der Waals surface area contributed by atoms with Gasteiger partial charge in [-0.25, -0.2) is 4.98 Å². The van der Waals surface area contributed by atoms with Gasteiger partial charge in [0, 0.05) is 125 Å². The lowest BCUT2D eigenvalue weighted by atomic mass is 9.99. The molecule has 38 heteroatoms. The third-order valence-electron chi connectivity index (χ3n) is 22.2. The summed E-state index contributed by atoms with van der Waals surface area (Å²) in [5, 5.41) is 46.1. The van der Waals surface area contributed by atoms with E-state index in [4.69, 9.17) is 5.73 Å². The number of unbranched alkanes of at least 4 members (excludes halogenated alkanes) is 2. The predicted octanol–water partition coefficient (Wildman–Crippen LogP) is 0.982. The zero-order valence-electron chi connectivity index (χ0n) is 70.4. The number of aliphatic carboxylic acids is 1. The second-order valence-corrected chi connectivity index (χ2v) is 33.1. The lowest BCUT2D eigenvalue weighted by molar-refractivity contribution is -0.149. The number of carbonyl (C=O) groups excluding carboxylic acids is 15. The van der Waals surface area contributed by atoms with Crippen LogP contribution in [0.25, 0.3) is 21.8 Å². The van der Waals surface area contributed by atoms with Crippen molar-refractivity contribution in [1.82, 2.24) is 92.3 Å². The Morgan fingerprint density at radius 2 is 1.07 bits per heavy atom. The Labute approximate surface area is 716 Å². The van der Waals surface area contributed by atoms with E-state index in [0.717, 1.165) is 37.4 Å². The third-order valence-corrected chi connectivity index (χ3v) is 23.2. The molecule has 3 aliphatic rings. The molecule has 664 valence electrons. The lowest BCUT2D eigenvalue weighted by Crippen LogP contribution is -2.60. The summed E-state index contributed by atoms with van der Waals surface area (Å²) in [6.07, 6.45) is 6.31. The van der Waals surface area contributed by atoms with Gasteiger partial charge in [0.1, 0.15) is 72.2 Å². The largest absolute Gasteiger partial charge is 0.508 e. The molecule has 6 heterocycles. The van der Waals surface area contributed by atoms with Crippen molar-refractivity contribution in [3.05, 3.63) is 120 Å². The molecule has 3 aliphatic heterocycles. The molecular weight excluding hydrogens is 1610 g/mol. The molecule has 37 nitrogen and oxygen atoms in total. The van der Waals surface area contributed by atoms with Crippen molar-refractivity contribution < 1.29 is 86.9 Å². The van der Waals surface area contributed by atoms with Gasteiger partial charge >= 0.3 is 5.97 Å². The minimum Gasteiger partial charge on any atom is -0.508 e. The number of hydrogen-bond donors (Lipinski definition) is 15. The Morgan fingerprint density at radius 3 is 1.64 bits per heavy atom. The van der Waals surface area contributed by atoms with Crippen LogP contribution < -0.4 is 53.6 Å². The molecule has 16 N–H and O–H groups in total. The second-order valence-electron chi connectivity index (χ2n) is 32.0. The van der Waals surface area contributed by atoms with Crippen LogP contribution in [-0.4, -0.2) is 281 Å². The summed E-state index contributed by atoms with van der Waals surface area (Å²) < 4.78 is 0. The van der Waals surface area contributed by atoms with Crippen LogP contribution in [0, 0.1) is 5.92 Å². The van der Waals surface area contributed by atoms with Crippen molar-refractivity contribution in [2.45, 2.75) is 210 Å². The highest BCUT2D eigenvalue weighted by molar-refractivity contribution is 7.99. The smallest absolute Gasteiger partial charge is 0.303 e. The summed E-state index contributed by atoms with van der Waals surface area (Å²) >= 11 is 1.10. The molecule has 6 aromatic rings. The maximum Gasteiger partial charge on any atom is 0.303 e. The summed E-state index contributed by atoms with van der Waals surface area (Å²) in [5.74, 6) is -13.8. The van der Waals surface area contributed by atoms with E-state index in [-0.39, 0.29) is 113 Å². The van der Waals surface area contributed by atoms with Crippen LogP contribution in [0.3, 0.4) is 0 Å². The highest BCUT2D eigenvalue weighted by Gasteiger charge is 2.44. The molecule has 0 aliphatic carbocycles. The molecule has 0 bridgehead atoms.